The van der Waals surface area contributed by atoms with Crippen molar-refractivity contribution in [3.8, 4) is 0 Å². The van der Waals surface area contributed by atoms with Gasteiger partial charge >= 0.3 is 0 Å². The molecule has 0 spiro atoms. The van der Waals surface area contributed by atoms with Gasteiger partial charge in [-0.3, -0.25) is 9.69 Å². The SMILES string of the molecule is Cc1oc2c(c1C(=O)N[C@H](C)c1ccco1)CN(Cc1ccc(F)cc1)CC2. The summed E-state index contributed by atoms with van der Waals surface area (Å²) in [6, 6.07) is 9.95. The lowest BCUT2D eigenvalue weighted by atomic mass is 10.0. The Kier molecular flexibility index (Phi) is 5.05. The second-order valence-corrected chi connectivity index (χ2v) is 7.23. The maximum absolute atomic E-state index is 13.1. The molecule has 2 aromatic heterocycles. The molecule has 6 heteroatoms. The molecule has 1 aromatic carbocycles. The van der Waals surface area contributed by atoms with Crippen molar-refractivity contribution >= 4 is 5.91 Å². The molecular weight excluding hydrogens is 359 g/mol. The van der Waals surface area contributed by atoms with E-state index in [2.05, 4.69) is 10.2 Å². The minimum Gasteiger partial charge on any atom is -0.467 e. The predicted molar refractivity (Wildman–Crippen MR) is 102 cm³/mol. The van der Waals surface area contributed by atoms with Crippen molar-refractivity contribution in [3.63, 3.8) is 0 Å². The molecule has 146 valence electrons. The van der Waals surface area contributed by atoms with Crippen molar-refractivity contribution in [1.82, 2.24) is 10.2 Å². The molecule has 1 amide bonds. The number of nitrogens with zero attached hydrogens (tertiary/aromatic N) is 1. The van der Waals surface area contributed by atoms with Gasteiger partial charge in [0.2, 0.25) is 0 Å². The summed E-state index contributed by atoms with van der Waals surface area (Å²) in [5, 5.41) is 2.99. The van der Waals surface area contributed by atoms with Gasteiger partial charge in [0.25, 0.3) is 5.91 Å². The van der Waals surface area contributed by atoms with Gasteiger partial charge in [-0.2, -0.15) is 0 Å². The number of nitrogens with one attached hydrogen (secondary N) is 1. The zero-order chi connectivity index (χ0) is 19.7. The van der Waals surface area contributed by atoms with E-state index in [9.17, 15) is 9.18 Å². The largest absolute Gasteiger partial charge is 0.467 e. The van der Waals surface area contributed by atoms with Crippen LogP contribution in [0, 0.1) is 12.7 Å². The van der Waals surface area contributed by atoms with E-state index >= 15 is 0 Å². The Morgan fingerprint density at radius 2 is 2.07 bits per heavy atom. The summed E-state index contributed by atoms with van der Waals surface area (Å²) in [7, 11) is 0. The summed E-state index contributed by atoms with van der Waals surface area (Å²) in [5.74, 6) is 1.83. The first kappa shape index (κ1) is 18.5. The molecule has 3 heterocycles. The monoisotopic (exact) mass is 382 g/mol. The highest BCUT2D eigenvalue weighted by atomic mass is 19.1. The molecule has 28 heavy (non-hydrogen) atoms. The third kappa shape index (κ3) is 3.73. The molecule has 0 bridgehead atoms. The van der Waals surface area contributed by atoms with Crippen LogP contribution in [0.5, 0.6) is 0 Å². The Morgan fingerprint density at radius 3 is 2.79 bits per heavy atom. The third-order valence-corrected chi connectivity index (χ3v) is 5.17. The summed E-state index contributed by atoms with van der Waals surface area (Å²) >= 11 is 0. The van der Waals surface area contributed by atoms with Crippen LogP contribution in [0.1, 0.15) is 51.7 Å². The standard InChI is InChI=1S/C22H23FN2O3/c1-14(19-4-3-11-27-19)24-22(26)21-15(2)28-20-9-10-25(13-18(20)21)12-16-5-7-17(23)8-6-16/h3-8,11,14H,9-10,12-13H2,1-2H3,(H,24,26)/t14-/m1/s1. The van der Waals surface area contributed by atoms with Gasteiger partial charge < -0.3 is 14.2 Å². The number of hydrogen-bond acceptors (Lipinski definition) is 4. The normalized spacial score (nSPS) is 15.2. The van der Waals surface area contributed by atoms with E-state index in [1.807, 2.05) is 19.9 Å². The van der Waals surface area contributed by atoms with Crippen LogP contribution in [0.2, 0.25) is 0 Å². The molecule has 0 saturated carbocycles. The van der Waals surface area contributed by atoms with Crippen molar-refractivity contribution in [2.45, 2.75) is 39.4 Å². The van der Waals surface area contributed by atoms with Crippen LogP contribution in [0.15, 0.2) is 51.5 Å². The van der Waals surface area contributed by atoms with E-state index in [0.717, 1.165) is 29.9 Å². The van der Waals surface area contributed by atoms with Crippen LogP contribution in [0.25, 0.3) is 0 Å². The molecular formula is C22H23FN2O3. The lowest BCUT2D eigenvalue weighted by molar-refractivity contribution is 0.0931. The molecule has 1 aliphatic rings. The number of fused-ring (bicyclic) bond motifs is 1. The molecule has 1 atom stereocenters. The van der Waals surface area contributed by atoms with E-state index in [4.69, 9.17) is 8.83 Å². The van der Waals surface area contributed by atoms with Crippen LogP contribution in [0.4, 0.5) is 4.39 Å². The fourth-order valence-corrected chi connectivity index (χ4v) is 3.74. The number of furan rings is 2. The molecule has 1 N–H and O–H groups in total. The first-order valence-electron chi connectivity index (χ1n) is 9.43. The summed E-state index contributed by atoms with van der Waals surface area (Å²) in [4.78, 5) is 15.2. The number of hydrogen-bond donors (Lipinski definition) is 1. The van der Waals surface area contributed by atoms with Gasteiger partial charge in [-0.05, 0) is 43.7 Å². The first-order chi connectivity index (χ1) is 13.5. The van der Waals surface area contributed by atoms with Gasteiger partial charge in [0.05, 0.1) is 17.9 Å². The van der Waals surface area contributed by atoms with Gasteiger partial charge in [0.15, 0.2) is 0 Å². The number of amides is 1. The number of rotatable bonds is 5. The second-order valence-electron chi connectivity index (χ2n) is 7.23. The maximum Gasteiger partial charge on any atom is 0.255 e. The van der Waals surface area contributed by atoms with Crippen molar-refractivity contribution in [2.24, 2.45) is 0 Å². The summed E-state index contributed by atoms with van der Waals surface area (Å²) in [6.45, 7) is 5.88. The Bertz CT molecular complexity index is 961. The zero-order valence-electron chi connectivity index (χ0n) is 16.0. The van der Waals surface area contributed by atoms with Gasteiger partial charge in [-0.1, -0.05) is 12.1 Å². The first-order valence-corrected chi connectivity index (χ1v) is 9.43. The van der Waals surface area contributed by atoms with Gasteiger partial charge in [0, 0.05) is 31.6 Å². The molecule has 4 rings (SSSR count). The Hall–Kier alpha value is -2.86. The fourth-order valence-electron chi connectivity index (χ4n) is 3.74. The predicted octanol–water partition coefficient (Wildman–Crippen LogP) is 4.37. The lowest BCUT2D eigenvalue weighted by Gasteiger charge is -2.26. The lowest BCUT2D eigenvalue weighted by Crippen LogP contribution is -2.32. The Balaban J connectivity index is 1.51. The van der Waals surface area contributed by atoms with Crippen molar-refractivity contribution in [2.75, 3.05) is 6.54 Å². The Labute approximate surface area is 163 Å². The fraction of sp³-hybridized carbons (Fsp3) is 0.318. The molecule has 5 nitrogen and oxygen atoms in total. The van der Waals surface area contributed by atoms with Crippen molar-refractivity contribution in [1.29, 1.82) is 0 Å². The van der Waals surface area contributed by atoms with Crippen LogP contribution in [-0.2, 0) is 19.5 Å². The summed E-state index contributed by atoms with van der Waals surface area (Å²) in [6.07, 6.45) is 2.34. The average molecular weight is 382 g/mol. The van der Waals surface area contributed by atoms with Crippen molar-refractivity contribution < 1.29 is 18.0 Å². The molecule has 0 aliphatic carbocycles. The van der Waals surface area contributed by atoms with Gasteiger partial charge in [-0.25, -0.2) is 4.39 Å². The highest BCUT2D eigenvalue weighted by molar-refractivity contribution is 5.97. The maximum atomic E-state index is 13.1. The summed E-state index contributed by atoms with van der Waals surface area (Å²) in [5.41, 5.74) is 2.59. The minimum absolute atomic E-state index is 0.157. The van der Waals surface area contributed by atoms with Crippen LogP contribution in [0.3, 0.4) is 0 Å². The summed E-state index contributed by atoms with van der Waals surface area (Å²) < 4.78 is 24.4. The number of carbonyl (C=O) groups excluding carboxylic acids is 1. The molecule has 1 aliphatic heterocycles. The zero-order valence-corrected chi connectivity index (χ0v) is 16.0. The van der Waals surface area contributed by atoms with E-state index in [1.54, 1.807) is 24.5 Å². The number of benzene rings is 1. The third-order valence-electron chi connectivity index (χ3n) is 5.17. The molecule has 0 fully saturated rings. The van der Waals surface area contributed by atoms with E-state index in [1.165, 1.54) is 12.1 Å². The highest BCUT2D eigenvalue weighted by Gasteiger charge is 2.29. The minimum atomic E-state index is -0.236. The molecule has 3 aromatic rings. The Morgan fingerprint density at radius 1 is 1.29 bits per heavy atom. The molecule has 0 unspecified atom stereocenters. The van der Waals surface area contributed by atoms with Crippen LogP contribution >= 0.6 is 0 Å². The molecule has 0 radical (unpaired) electrons. The van der Waals surface area contributed by atoms with Crippen molar-refractivity contribution in [3.05, 3.63) is 82.4 Å². The van der Waals surface area contributed by atoms with Gasteiger partial charge in [0.1, 0.15) is 23.1 Å². The molecule has 0 saturated heterocycles. The van der Waals surface area contributed by atoms with E-state index in [0.29, 0.717) is 30.2 Å². The topological polar surface area (TPSA) is 58.6 Å². The van der Waals surface area contributed by atoms with E-state index < -0.39 is 0 Å². The number of halogens is 1. The van der Waals surface area contributed by atoms with Crippen LogP contribution in [-0.4, -0.2) is 17.4 Å². The average Bonchev–Trinajstić information content (AvgIpc) is 3.30. The number of aryl methyl sites for hydroxylation is 1. The van der Waals surface area contributed by atoms with Gasteiger partial charge in [-0.15, -0.1) is 0 Å². The number of carbonyl (C=O) groups is 1. The highest BCUT2D eigenvalue weighted by Crippen LogP contribution is 2.29. The second kappa shape index (κ2) is 7.64. The smallest absolute Gasteiger partial charge is 0.255 e. The quantitative estimate of drug-likeness (QED) is 0.712. The van der Waals surface area contributed by atoms with E-state index in [-0.39, 0.29) is 17.8 Å². The van der Waals surface area contributed by atoms with Crippen LogP contribution < -0.4 is 5.32 Å².